The molecule has 0 aromatic carbocycles. The van der Waals surface area contributed by atoms with Crippen molar-refractivity contribution in [3.8, 4) is 0 Å². The smallest absolute Gasteiger partial charge is 0.137 e. The van der Waals surface area contributed by atoms with Gasteiger partial charge in [-0.25, -0.2) is 9.97 Å². The summed E-state index contributed by atoms with van der Waals surface area (Å²) in [5.41, 5.74) is 2.17. The molecule has 2 saturated carbocycles. The minimum absolute atomic E-state index is 0.0978. The molecule has 0 spiro atoms. The third kappa shape index (κ3) is 1.97. The highest BCUT2D eigenvalue weighted by Gasteiger charge is 2.47. The molecular weight excluding hydrogens is 212 g/mol. The van der Waals surface area contributed by atoms with Crippen LogP contribution in [0.5, 0.6) is 0 Å². The highest BCUT2D eigenvalue weighted by atomic mass is 16.3. The van der Waals surface area contributed by atoms with Gasteiger partial charge in [0.2, 0.25) is 0 Å². The zero-order chi connectivity index (χ0) is 11.9. The SMILES string of the molecule is Cc1cc(C2CCCC2)nc(C2(CO)CC2)n1. The third-order valence-corrected chi connectivity index (χ3v) is 4.28. The van der Waals surface area contributed by atoms with Gasteiger partial charge >= 0.3 is 0 Å². The van der Waals surface area contributed by atoms with Crippen LogP contribution in [0.4, 0.5) is 0 Å². The Labute approximate surface area is 102 Å². The zero-order valence-corrected chi connectivity index (χ0v) is 10.4. The topological polar surface area (TPSA) is 46.0 Å². The number of aromatic nitrogens is 2. The molecule has 3 nitrogen and oxygen atoms in total. The lowest BCUT2D eigenvalue weighted by atomic mass is 10.0. The highest BCUT2D eigenvalue weighted by Crippen LogP contribution is 2.46. The zero-order valence-electron chi connectivity index (χ0n) is 10.4. The van der Waals surface area contributed by atoms with Crippen LogP contribution in [-0.4, -0.2) is 21.7 Å². The lowest BCUT2D eigenvalue weighted by Crippen LogP contribution is -2.18. The summed E-state index contributed by atoms with van der Waals surface area (Å²) in [6, 6.07) is 2.13. The molecule has 1 heterocycles. The summed E-state index contributed by atoms with van der Waals surface area (Å²) in [6.07, 6.45) is 7.26. The Morgan fingerprint density at radius 3 is 2.59 bits per heavy atom. The van der Waals surface area contributed by atoms with Crippen LogP contribution in [-0.2, 0) is 5.41 Å². The van der Waals surface area contributed by atoms with E-state index in [1.807, 2.05) is 6.92 Å². The van der Waals surface area contributed by atoms with Gasteiger partial charge in [-0.3, -0.25) is 0 Å². The summed E-state index contributed by atoms with van der Waals surface area (Å²) < 4.78 is 0. The summed E-state index contributed by atoms with van der Waals surface area (Å²) in [7, 11) is 0. The predicted octanol–water partition coefficient (Wildman–Crippen LogP) is 2.47. The minimum Gasteiger partial charge on any atom is -0.395 e. The van der Waals surface area contributed by atoms with E-state index >= 15 is 0 Å². The largest absolute Gasteiger partial charge is 0.395 e. The van der Waals surface area contributed by atoms with Crippen LogP contribution >= 0.6 is 0 Å². The minimum atomic E-state index is -0.0978. The van der Waals surface area contributed by atoms with Gasteiger partial charge < -0.3 is 5.11 Å². The number of aliphatic hydroxyl groups is 1. The summed E-state index contributed by atoms with van der Waals surface area (Å²) >= 11 is 0. The number of aliphatic hydroxyl groups excluding tert-OH is 1. The van der Waals surface area contributed by atoms with Gasteiger partial charge in [0, 0.05) is 17.3 Å². The number of hydrogen-bond acceptors (Lipinski definition) is 3. The van der Waals surface area contributed by atoms with Crippen molar-refractivity contribution in [2.45, 2.75) is 56.8 Å². The average Bonchev–Trinajstić information content (AvgIpc) is 2.94. The summed E-state index contributed by atoms with van der Waals surface area (Å²) in [4.78, 5) is 9.29. The van der Waals surface area contributed by atoms with Crippen molar-refractivity contribution in [2.75, 3.05) is 6.61 Å². The molecule has 0 amide bonds. The summed E-state index contributed by atoms with van der Waals surface area (Å²) in [5.74, 6) is 1.52. The molecule has 1 aromatic heterocycles. The van der Waals surface area contributed by atoms with E-state index in [4.69, 9.17) is 4.98 Å². The highest BCUT2D eigenvalue weighted by molar-refractivity contribution is 5.24. The van der Waals surface area contributed by atoms with Gasteiger partial charge in [0.1, 0.15) is 5.82 Å². The Bertz CT molecular complexity index is 420. The molecule has 0 atom stereocenters. The second-order valence-electron chi connectivity index (χ2n) is 5.68. The van der Waals surface area contributed by atoms with Crippen LogP contribution in [0.2, 0.25) is 0 Å². The fourth-order valence-corrected chi connectivity index (χ4v) is 2.86. The fourth-order valence-electron chi connectivity index (χ4n) is 2.86. The molecule has 1 N–H and O–H groups in total. The Morgan fingerprint density at radius 2 is 2.00 bits per heavy atom. The molecule has 1 aromatic rings. The molecule has 2 aliphatic carbocycles. The third-order valence-electron chi connectivity index (χ3n) is 4.28. The van der Waals surface area contributed by atoms with Crippen molar-refractivity contribution < 1.29 is 5.11 Å². The molecule has 2 aliphatic rings. The molecule has 0 radical (unpaired) electrons. The van der Waals surface area contributed by atoms with Gasteiger partial charge in [-0.15, -0.1) is 0 Å². The van der Waals surface area contributed by atoms with Gasteiger partial charge in [-0.1, -0.05) is 12.8 Å². The van der Waals surface area contributed by atoms with Crippen LogP contribution in [0, 0.1) is 6.92 Å². The molecule has 92 valence electrons. The summed E-state index contributed by atoms with van der Waals surface area (Å²) in [6.45, 7) is 2.23. The first-order chi connectivity index (χ1) is 8.23. The maximum atomic E-state index is 9.48. The maximum absolute atomic E-state index is 9.48. The van der Waals surface area contributed by atoms with Crippen LogP contribution < -0.4 is 0 Å². The number of rotatable bonds is 3. The van der Waals surface area contributed by atoms with Crippen molar-refractivity contribution in [2.24, 2.45) is 0 Å². The molecule has 0 saturated heterocycles. The van der Waals surface area contributed by atoms with E-state index < -0.39 is 0 Å². The first kappa shape index (κ1) is 11.1. The monoisotopic (exact) mass is 232 g/mol. The van der Waals surface area contributed by atoms with E-state index in [0.29, 0.717) is 5.92 Å². The van der Waals surface area contributed by atoms with E-state index in [1.165, 1.54) is 31.4 Å². The standard InChI is InChI=1S/C14H20N2O/c1-10-8-12(11-4-2-3-5-11)16-13(15-10)14(9-17)6-7-14/h8,11,17H,2-7,9H2,1H3. The molecule has 0 aliphatic heterocycles. The predicted molar refractivity (Wildman–Crippen MR) is 66.0 cm³/mol. The number of aryl methyl sites for hydroxylation is 1. The first-order valence-electron chi connectivity index (χ1n) is 6.70. The fraction of sp³-hybridized carbons (Fsp3) is 0.714. The number of nitrogens with zero attached hydrogens (tertiary/aromatic N) is 2. The van der Waals surface area contributed by atoms with Gasteiger partial charge in [-0.05, 0) is 38.7 Å². The molecule has 0 bridgehead atoms. The van der Waals surface area contributed by atoms with Crippen molar-refractivity contribution in [3.05, 3.63) is 23.3 Å². The lowest BCUT2D eigenvalue weighted by molar-refractivity contribution is 0.249. The van der Waals surface area contributed by atoms with Gasteiger partial charge in [0.15, 0.2) is 0 Å². The molecular formula is C14H20N2O. The van der Waals surface area contributed by atoms with Gasteiger partial charge in [0.05, 0.1) is 12.0 Å². The molecule has 17 heavy (non-hydrogen) atoms. The molecule has 3 heteroatoms. The van der Waals surface area contributed by atoms with Crippen molar-refractivity contribution >= 4 is 0 Å². The van der Waals surface area contributed by atoms with Crippen LogP contribution in [0.15, 0.2) is 6.07 Å². The van der Waals surface area contributed by atoms with Gasteiger partial charge in [-0.2, -0.15) is 0 Å². The second-order valence-corrected chi connectivity index (χ2v) is 5.68. The second kappa shape index (κ2) is 4.05. The van der Waals surface area contributed by atoms with E-state index in [9.17, 15) is 5.11 Å². The van der Waals surface area contributed by atoms with E-state index in [2.05, 4.69) is 11.1 Å². The van der Waals surface area contributed by atoms with Crippen molar-refractivity contribution in [3.63, 3.8) is 0 Å². The normalized spacial score (nSPS) is 22.9. The molecule has 0 unspecified atom stereocenters. The Balaban J connectivity index is 1.94. The van der Waals surface area contributed by atoms with E-state index in [-0.39, 0.29) is 12.0 Å². The Kier molecular flexibility index (Phi) is 2.66. The Morgan fingerprint density at radius 1 is 1.29 bits per heavy atom. The molecule has 2 fully saturated rings. The van der Waals surface area contributed by atoms with Crippen molar-refractivity contribution in [1.29, 1.82) is 0 Å². The molecule has 3 rings (SSSR count). The first-order valence-corrected chi connectivity index (χ1v) is 6.70. The van der Waals surface area contributed by atoms with Crippen molar-refractivity contribution in [1.82, 2.24) is 9.97 Å². The Hall–Kier alpha value is -0.960. The van der Waals surface area contributed by atoms with Gasteiger partial charge in [0.25, 0.3) is 0 Å². The van der Waals surface area contributed by atoms with Crippen LogP contribution in [0.25, 0.3) is 0 Å². The lowest BCUT2D eigenvalue weighted by Gasteiger charge is -2.15. The average molecular weight is 232 g/mol. The summed E-state index contributed by atoms with van der Waals surface area (Å²) in [5, 5.41) is 9.48. The maximum Gasteiger partial charge on any atom is 0.137 e. The van der Waals surface area contributed by atoms with Crippen LogP contribution in [0.3, 0.4) is 0 Å². The van der Waals surface area contributed by atoms with E-state index in [1.54, 1.807) is 0 Å². The van der Waals surface area contributed by atoms with E-state index in [0.717, 1.165) is 24.4 Å². The number of hydrogen-bond donors (Lipinski definition) is 1. The quantitative estimate of drug-likeness (QED) is 0.870. The van der Waals surface area contributed by atoms with Crippen LogP contribution in [0.1, 0.15) is 61.7 Å².